The Hall–Kier alpha value is -2.47. The fourth-order valence-corrected chi connectivity index (χ4v) is 3.57. The molecule has 1 aliphatic rings. The van der Waals surface area contributed by atoms with Gasteiger partial charge >= 0.3 is 0 Å². The van der Waals surface area contributed by atoms with Gasteiger partial charge in [-0.3, -0.25) is 9.59 Å². The number of amides is 2. The number of hydrogen-bond donors (Lipinski definition) is 1. The maximum Gasteiger partial charge on any atom is 0.244 e. The van der Waals surface area contributed by atoms with E-state index in [9.17, 15) is 9.59 Å². The molecule has 1 N–H and O–H groups in total. The molecule has 24 heavy (non-hydrogen) atoms. The lowest BCUT2D eigenvalue weighted by atomic mass is 10.2. The Labute approximate surface area is 145 Å². The number of nitrogens with one attached hydrogen (secondary N) is 1. The average molecular weight is 341 g/mol. The third-order valence-electron chi connectivity index (χ3n) is 3.77. The highest BCUT2D eigenvalue weighted by Gasteiger charge is 2.26. The smallest absolute Gasteiger partial charge is 0.244 e. The second kappa shape index (κ2) is 6.97. The molecule has 3 rings (SSSR count). The minimum absolute atomic E-state index is 0.0121. The van der Waals surface area contributed by atoms with Crippen molar-refractivity contribution in [3.05, 3.63) is 48.5 Å². The highest BCUT2D eigenvalue weighted by Crippen LogP contribution is 2.34. The van der Waals surface area contributed by atoms with Crippen LogP contribution in [0.2, 0.25) is 0 Å². The molecule has 2 aromatic rings. The van der Waals surface area contributed by atoms with Gasteiger partial charge < -0.3 is 15.1 Å². The zero-order valence-corrected chi connectivity index (χ0v) is 14.5. The van der Waals surface area contributed by atoms with Crippen molar-refractivity contribution < 1.29 is 9.59 Å². The van der Waals surface area contributed by atoms with Gasteiger partial charge in [0.2, 0.25) is 11.8 Å². The molecule has 2 amide bonds. The van der Waals surface area contributed by atoms with Gasteiger partial charge in [0.1, 0.15) is 6.54 Å². The summed E-state index contributed by atoms with van der Waals surface area (Å²) in [6.07, 6.45) is 0. The van der Waals surface area contributed by atoms with E-state index in [2.05, 4.69) is 5.32 Å². The molecule has 1 aliphatic heterocycles. The summed E-state index contributed by atoms with van der Waals surface area (Å²) in [5.74, 6) is 0.104. The van der Waals surface area contributed by atoms with E-state index in [-0.39, 0.29) is 18.4 Å². The summed E-state index contributed by atoms with van der Waals surface area (Å²) in [7, 11) is 3.85. The van der Waals surface area contributed by atoms with Crippen molar-refractivity contribution in [1.29, 1.82) is 0 Å². The van der Waals surface area contributed by atoms with Crippen LogP contribution in [-0.4, -0.2) is 38.2 Å². The first kappa shape index (κ1) is 16.4. The maximum atomic E-state index is 12.5. The number of thioether (sulfide) groups is 1. The van der Waals surface area contributed by atoms with Gasteiger partial charge in [0.05, 0.1) is 22.8 Å². The summed E-state index contributed by atoms with van der Waals surface area (Å²) in [4.78, 5) is 29.2. The average Bonchev–Trinajstić information content (AvgIpc) is 2.58. The largest absolute Gasteiger partial charge is 0.376 e. The molecule has 0 aromatic heterocycles. The van der Waals surface area contributed by atoms with Crippen molar-refractivity contribution in [3.8, 4) is 0 Å². The molecule has 0 unspecified atom stereocenters. The first-order chi connectivity index (χ1) is 11.6. The van der Waals surface area contributed by atoms with Crippen LogP contribution in [0.25, 0.3) is 0 Å². The standard InChI is InChI=1S/C18H19N3O2S/c1-20(2)14-8-4-3-7-13(14)19-17(22)11-21-15-9-5-6-10-16(15)24-12-18(21)23/h3-10H,11-12H2,1-2H3,(H,19,22). The highest BCUT2D eigenvalue weighted by molar-refractivity contribution is 8.00. The van der Waals surface area contributed by atoms with Crippen molar-refractivity contribution in [3.63, 3.8) is 0 Å². The van der Waals surface area contributed by atoms with Crippen LogP contribution >= 0.6 is 11.8 Å². The van der Waals surface area contributed by atoms with E-state index >= 15 is 0 Å². The minimum Gasteiger partial charge on any atom is -0.376 e. The maximum absolute atomic E-state index is 12.5. The fourth-order valence-electron chi connectivity index (χ4n) is 2.63. The van der Waals surface area contributed by atoms with Crippen LogP contribution in [0, 0.1) is 0 Å². The molecule has 5 nitrogen and oxygen atoms in total. The molecule has 0 saturated heterocycles. The van der Waals surface area contributed by atoms with E-state index < -0.39 is 0 Å². The lowest BCUT2D eigenvalue weighted by molar-refractivity contribution is -0.120. The first-order valence-electron chi connectivity index (χ1n) is 7.64. The van der Waals surface area contributed by atoms with Crippen molar-refractivity contribution in [2.45, 2.75) is 4.90 Å². The monoisotopic (exact) mass is 341 g/mol. The van der Waals surface area contributed by atoms with Crippen LogP contribution in [0.4, 0.5) is 17.1 Å². The van der Waals surface area contributed by atoms with E-state index in [4.69, 9.17) is 0 Å². The Morgan fingerprint density at radius 2 is 1.88 bits per heavy atom. The second-order valence-corrected chi connectivity index (χ2v) is 6.71. The number of hydrogen-bond acceptors (Lipinski definition) is 4. The summed E-state index contributed by atoms with van der Waals surface area (Å²) in [5.41, 5.74) is 2.46. The molecular weight excluding hydrogens is 322 g/mol. The Balaban J connectivity index is 1.77. The van der Waals surface area contributed by atoms with Gasteiger partial charge in [0.25, 0.3) is 0 Å². The first-order valence-corrected chi connectivity index (χ1v) is 8.63. The Kier molecular flexibility index (Phi) is 4.76. The van der Waals surface area contributed by atoms with E-state index in [0.717, 1.165) is 22.0 Å². The van der Waals surface area contributed by atoms with Gasteiger partial charge in [0.15, 0.2) is 0 Å². The number of nitrogens with zero attached hydrogens (tertiary/aromatic N) is 2. The third-order valence-corrected chi connectivity index (χ3v) is 4.82. The van der Waals surface area contributed by atoms with Gasteiger partial charge in [-0.2, -0.15) is 0 Å². The van der Waals surface area contributed by atoms with E-state index in [1.807, 2.05) is 67.5 Å². The van der Waals surface area contributed by atoms with Gasteiger partial charge in [-0.1, -0.05) is 24.3 Å². The number of fused-ring (bicyclic) bond motifs is 1. The number of carbonyl (C=O) groups is 2. The van der Waals surface area contributed by atoms with E-state index in [1.54, 1.807) is 4.90 Å². The summed E-state index contributed by atoms with van der Waals surface area (Å²) in [6.45, 7) is 0.0121. The number of anilines is 3. The van der Waals surface area contributed by atoms with Crippen LogP contribution in [0.3, 0.4) is 0 Å². The predicted molar refractivity (Wildman–Crippen MR) is 98.9 cm³/mol. The van der Waals surface area contributed by atoms with E-state index in [0.29, 0.717) is 5.75 Å². The van der Waals surface area contributed by atoms with Crippen LogP contribution in [0.15, 0.2) is 53.4 Å². The van der Waals surface area contributed by atoms with Crippen LogP contribution in [-0.2, 0) is 9.59 Å². The van der Waals surface area contributed by atoms with Gasteiger partial charge in [-0.15, -0.1) is 11.8 Å². The molecule has 0 fully saturated rings. The molecule has 0 saturated carbocycles. The lowest BCUT2D eigenvalue weighted by Crippen LogP contribution is -2.41. The number of rotatable bonds is 4. The molecule has 2 aromatic carbocycles. The van der Waals surface area contributed by atoms with Crippen molar-refractivity contribution in [2.75, 3.05) is 41.5 Å². The van der Waals surface area contributed by atoms with E-state index in [1.165, 1.54) is 11.8 Å². The van der Waals surface area contributed by atoms with Gasteiger partial charge in [0, 0.05) is 19.0 Å². The Morgan fingerprint density at radius 3 is 2.67 bits per heavy atom. The molecule has 0 atom stereocenters. The van der Waals surface area contributed by atoms with Gasteiger partial charge in [-0.05, 0) is 24.3 Å². The summed E-state index contributed by atoms with van der Waals surface area (Å²) in [6, 6.07) is 15.3. The molecule has 0 spiro atoms. The van der Waals surface area contributed by atoms with Crippen LogP contribution in [0.1, 0.15) is 0 Å². The summed E-state index contributed by atoms with van der Waals surface area (Å²) >= 11 is 1.51. The topological polar surface area (TPSA) is 52.7 Å². The summed E-state index contributed by atoms with van der Waals surface area (Å²) in [5, 5.41) is 2.91. The highest BCUT2D eigenvalue weighted by atomic mass is 32.2. The molecule has 0 bridgehead atoms. The number of carbonyl (C=O) groups excluding carboxylic acids is 2. The minimum atomic E-state index is -0.209. The normalized spacial score (nSPS) is 13.4. The molecular formula is C18H19N3O2S. The van der Waals surface area contributed by atoms with Gasteiger partial charge in [-0.25, -0.2) is 0 Å². The van der Waals surface area contributed by atoms with Crippen molar-refractivity contribution in [2.24, 2.45) is 0 Å². The zero-order chi connectivity index (χ0) is 17.1. The van der Waals surface area contributed by atoms with Crippen LogP contribution < -0.4 is 15.1 Å². The van der Waals surface area contributed by atoms with Crippen molar-refractivity contribution in [1.82, 2.24) is 0 Å². The van der Waals surface area contributed by atoms with Crippen LogP contribution in [0.5, 0.6) is 0 Å². The Bertz CT molecular complexity index is 776. The molecule has 0 radical (unpaired) electrons. The molecule has 0 aliphatic carbocycles. The second-order valence-electron chi connectivity index (χ2n) is 5.70. The predicted octanol–water partition coefficient (Wildman–Crippen LogP) is 2.83. The fraction of sp³-hybridized carbons (Fsp3) is 0.222. The third kappa shape index (κ3) is 3.38. The molecule has 6 heteroatoms. The Morgan fingerprint density at radius 1 is 1.17 bits per heavy atom. The molecule has 124 valence electrons. The zero-order valence-electron chi connectivity index (χ0n) is 13.7. The quantitative estimate of drug-likeness (QED) is 0.929. The van der Waals surface area contributed by atoms with Crippen molar-refractivity contribution >= 4 is 40.6 Å². The molecule has 1 heterocycles. The SMILES string of the molecule is CN(C)c1ccccc1NC(=O)CN1C(=O)CSc2ccccc21. The number of benzene rings is 2. The summed E-state index contributed by atoms with van der Waals surface area (Å²) < 4.78 is 0. The number of para-hydroxylation sites is 3. The lowest BCUT2D eigenvalue weighted by Gasteiger charge is -2.28.